The Morgan fingerprint density at radius 1 is 0.979 bits per heavy atom. The summed E-state index contributed by atoms with van der Waals surface area (Å²) in [6.07, 6.45) is 4.31. The van der Waals surface area contributed by atoms with Gasteiger partial charge in [-0.25, -0.2) is 4.79 Å². The fourth-order valence-electron chi connectivity index (χ4n) is 6.65. The van der Waals surface area contributed by atoms with E-state index in [1.165, 1.54) is 11.8 Å². The average molecular weight is 691 g/mol. The standard InChI is InChI=1S/C36H58N4O7S/c1-7-11-26(33(42)40-32(23(4)5)35(44)37-20-24-12-9-8-10-13-24)18-30(41)28(16-22(2)3)38-34(43)29(21-48-6)39-36(45)47-27-17-25-14-15-46-31(25)19-27/h8-10,12-13,22-23,25-32,41H,7,11,14-21H2,1-6H3,(H,37,44)(H,38,43)(H,39,45)(H,40,42)/t25-,26+,27+,28-,29-,30-,31+,32-/m0/s1. The zero-order valence-electron chi connectivity index (χ0n) is 29.5. The summed E-state index contributed by atoms with van der Waals surface area (Å²) >= 11 is 1.42. The Labute approximate surface area is 290 Å². The molecule has 1 aromatic rings. The number of nitrogens with one attached hydrogen (secondary N) is 4. The average Bonchev–Trinajstić information content (AvgIpc) is 3.63. The molecule has 11 nitrogen and oxygen atoms in total. The molecular formula is C36H58N4O7S. The maximum atomic E-state index is 13.6. The first-order valence-corrected chi connectivity index (χ1v) is 19.0. The number of hydrogen-bond acceptors (Lipinski definition) is 8. The summed E-state index contributed by atoms with van der Waals surface area (Å²) in [5.41, 5.74) is 0.961. The summed E-state index contributed by atoms with van der Waals surface area (Å²) in [5, 5.41) is 23.0. The number of carbonyl (C=O) groups excluding carboxylic acids is 4. The normalized spacial score (nSPS) is 21.9. The van der Waals surface area contributed by atoms with Crippen LogP contribution in [0.3, 0.4) is 0 Å². The summed E-state index contributed by atoms with van der Waals surface area (Å²) in [6.45, 7) is 10.8. The van der Waals surface area contributed by atoms with Gasteiger partial charge in [-0.2, -0.15) is 11.8 Å². The number of aliphatic hydroxyl groups is 1. The summed E-state index contributed by atoms with van der Waals surface area (Å²) in [5.74, 6) is -0.814. The SMILES string of the molecule is CCC[C@H](C[C@H](O)[C@H](CC(C)C)NC(=O)[C@H](CSC)NC(=O)O[C@@H]1C[C@@H]2CCO[C@@H]2C1)C(=O)N[C@H](C(=O)NCc1ccccc1)C(C)C. The van der Waals surface area contributed by atoms with Crippen LogP contribution in [0, 0.1) is 23.7 Å². The van der Waals surface area contributed by atoms with Crippen LogP contribution in [0.15, 0.2) is 30.3 Å². The number of hydrogen-bond donors (Lipinski definition) is 5. The van der Waals surface area contributed by atoms with Gasteiger partial charge in [0.25, 0.3) is 0 Å². The lowest BCUT2D eigenvalue weighted by molar-refractivity contribution is -0.133. The number of carbonyl (C=O) groups is 4. The number of ether oxygens (including phenoxy) is 2. The van der Waals surface area contributed by atoms with Gasteiger partial charge in [0.1, 0.15) is 18.2 Å². The number of amides is 4. The number of rotatable bonds is 19. The monoisotopic (exact) mass is 690 g/mol. The zero-order chi connectivity index (χ0) is 35.2. The van der Waals surface area contributed by atoms with E-state index >= 15 is 0 Å². The largest absolute Gasteiger partial charge is 0.446 e. The fraction of sp³-hybridized carbons (Fsp3) is 0.722. The molecule has 0 bridgehead atoms. The van der Waals surface area contributed by atoms with E-state index in [1.54, 1.807) is 0 Å². The van der Waals surface area contributed by atoms with E-state index in [4.69, 9.17) is 9.47 Å². The fourth-order valence-corrected chi connectivity index (χ4v) is 7.22. The highest BCUT2D eigenvalue weighted by atomic mass is 32.2. The molecule has 3 rings (SSSR count). The summed E-state index contributed by atoms with van der Waals surface area (Å²) < 4.78 is 11.4. The molecule has 48 heavy (non-hydrogen) atoms. The first-order chi connectivity index (χ1) is 22.9. The molecule has 4 amide bonds. The summed E-state index contributed by atoms with van der Waals surface area (Å²) in [4.78, 5) is 53.0. The Morgan fingerprint density at radius 2 is 1.71 bits per heavy atom. The summed E-state index contributed by atoms with van der Waals surface area (Å²) in [6, 6.07) is 7.33. The smallest absolute Gasteiger partial charge is 0.408 e. The highest BCUT2D eigenvalue weighted by Crippen LogP contribution is 2.37. The number of aliphatic hydroxyl groups excluding tert-OH is 1. The Morgan fingerprint density at radius 3 is 2.33 bits per heavy atom. The van der Waals surface area contributed by atoms with E-state index < -0.39 is 42.1 Å². The minimum atomic E-state index is -1.03. The molecule has 5 N–H and O–H groups in total. The second-order valence-electron chi connectivity index (χ2n) is 14.1. The van der Waals surface area contributed by atoms with E-state index in [0.29, 0.717) is 43.9 Å². The van der Waals surface area contributed by atoms with Gasteiger partial charge in [0.05, 0.1) is 18.2 Å². The van der Waals surface area contributed by atoms with E-state index in [1.807, 2.05) is 71.2 Å². The second-order valence-corrected chi connectivity index (χ2v) is 15.0. The predicted molar refractivity (Wildman–Crippen MR) is 188 cm³/mol. The van der Waals surface area contributed by atoms with Gasteiger partial charge in [0.15, 0.2) is 0 Å². The lowest BCUT2D eigenvalue weighted by atomic mass is 9.88. The van der Waals surface area contributed by atoms with Gasteiger partial charge in [-0.05, 0) is 61.7 Å². The van der Waals surface area contributed by atoms with Crippen LogP contribution in [0.5, 0.6) is 0 Å². The Hall–Kier alpha value is -2.83. The Balaban J connectivity index is 1.61. The van der Waals surface area contributed by atoms with E-state index in [9.17, 15) is 24.3 Å². The summed E-state index contributed by atoms with van der Waals surface area (Å²) in [7, 11) is 0. The molecule has 0 radical (unpaired) electrons. The molecular weight excluding hydrogens is 632 g/mol. The van der Waals surface area contributed by atoms with Crippen LogP contribution < -0.4 is 21.3 Å². The van der Waals surface area contributed by atoms with Crippen molar-refractivity contribution >= 4 is 35.6 Å². The van der Waals surface area contributed by atoms with Gasteiger partial charge >= 0.3 is 6.09 Å². The van der Waals surface area contributed by atoms with Crippen molar-refractivity contribution < 1.29 is 33.8 Å². The minimum Gasteiger partial charge on any atom is -0.446 e. The molecule has 0 unspecified atom stereocenters. The van der Waals surface area contributed by atoms with Crippen molar-refractivity contribution in [3.05, 3.63) is 35.9 Å². The highest BCUT2D eigenvalue weighted by molar-refractivity contribution is 7.98. The number of benzene rings is 1. The molecule has 0 spiro atoms. The van der Waals surface area contributed by atoms with Crippen LogP contribution in [0.4, 0.5) is 4.79 Å². The second kappa shape index (κ2) is 20.0. The number of alkyl carbamates (subject to hydrolysis) is 1. The molecule has 0 aromatic heterocycles. The van der Waals surface area contributed by atoms with Crippen LogP contribution in [-0.4, -0.2) is 84.0 Å². The molecule has 1 aliphatic heterocycles. The third-order valence-corrected chi connectivity index (χ3v) is 9.90. The van der Waals surface area contributed by atoms with Gasteiger partial charge in [0.2, 0.25) is 17.7 Å². The van der Waals surface area contributed by atoms with Crippen LogP contribution in [0.25, 0.3) is 0 Å². The molecule has 1 saturated heterocycles. The quantitative estimate of drug-likeness (QED) is 0.145. The van der Waals surface area contributed by atoms with Gasteiger partial charge in [-0.15, -0.1) is 0 Å². The Kier molecular flexibility index (Phi) is 16.5. The molecule has 2 aliphatic rings. The molecule has 1 heterocycles. The van der Waals surface area contributed by atoms with Gasteiger partial charge in [0, 0.05) is 31.2 Å². The van der Waals surface area contributed by atoms with Gasteiger partial charge < -0.3 is 35.8 Å². The van der Waals surface area contributed by atoms with Crippen molar-refractivity contribution in [2.75, 3.05) is 18.6 Å². The van der Waals surface area contributed by atoms with Crippen molar-refractivity contribution in [2.45, 2.75) is 123 Å². The molecule has 12 heteroatoms. The van der Waals surface area contributed by atoms with Gasteiger partial charge in [-0.3, -0.25) is 14.4 Å². The van der Waals surface area contributed by atoms with Crippen LogP contribution in [0.1, 0.15) is 85.1 Å². The lowest BCUT2D eigenvalue weighted by Crippen LogP contribution is -2.55. The predicted octanol–water partition coefficient (Wildman–Crippen LogP) is 4.17. The zero-order valence-corrected chi connectivity index (χ0v) is 30.4. The third-order valence-electron chi connectivity index (χ3n) is 9.23. The first kappa shape index (κ1) is 39.6. The highest BCUT2D eigenvalue weighted by Gasteiger charge is 2.40. The molecule has 270 valence electrons. The van der Waals surface area contributed by atoms with E-state index in [0.717, 1.165) is 25.0 Å². The van der Waals surface area contributed by atoms with E-state index in [2.05, 4.69) is 21.3 Å². The number of fused-ring (bicyclic) bond motifs is 1. The van der Waals surface area contributed by atoms with Crippen molar-refractivity contribution in [3.63, 3.8) is 0 Å². The van der Waals surface area contributed by atoms with E-state index in [-0.39, 0.29) is 42.3 Å². The van der Waals surface area contributed by atoms with Crippen molar-refractivity contribution in [1.82, 2.24) is 21.3 Å². The van der Waals surface area contributed by atoms with Crippen LogP contribution in [-0.2, 0) is 30.4 Å². The lowest BCUT2D eigenvalue weighted by Gasteiger charge is -2.31. The third kappa shape index (κ3) is 12.6. The Bertz CT molecular complexity index is 1160. The number of thioether (sulfide) groups is 1. The topological polar surface area (TPSA) is 155 Å². The molecule has 1 aromatic carbocycles. The van der Waals surface area contributed by atoms with Crippen LogP contribution >= 0.6 is 11.8 Å². The molecule has 8 atom stereocenters. The molecule has 1 saturated carbocycles. The van der Waals surface area contributed by atoms with Crippen molar-refractivity contribution in [1.29, 1.82) is 0 Å². The molecule has 2 fully saturated rings. The minimum absolute atomic E-state index is 0.114. The van der Waals surface area contributed by atoms with Crippen molar-refractivity contribution in [3.8, 4) is 0 Å². The maximum absolute atomic E-state index is 13.6. The first-order valence-electron chi connectivity index (χ1n) is 17.6. The molecule has 1 aliphatic carbocycles. The van der Waals surface area contributed by atoms with Crippen molar-refractivity contribution in [2.24, 2.45) is 23.7 Å². The van der Waals surface area contributed by atoms with Crippen LogP contribution in [0.2, 0.25) is 0 Å². The maximum Gasteiger partial charge on any atom is 0.408 e. The van der Waals surface area contributed by atoms with Gasteiger partial charge in [-0.1, -0.05) is 71.4 Å².